The van der Waals surface area contributed by atoms with E-state index in [1.54, 1.807) is 28.3 Å². The molecule has 0 saturated heterocycles. The third-order valence-corrected chi connectivity index (χ3v) is 6.09. The summed E-state index contributed by atoms with van der Waals surface area (Å²) < 4.78 is 7.24. The minimum absolute atomic E-state index is 0.176. The first-order valence-electron chi connectivity index (χ1n) is 9.50. The summed E-state index contributed by atoms with van der Waals surface area (Å²) in [6.45, 7) is 3.93. The van der Waals surface area contributed by atoms with Gasteiger partial charge in [-0.3, -0.25) is 4.79 Å². The van der Waals surface area contributed by atoms with E-state index >= 15 is 0 Å². The van der Waals surface area contributed by atoms with Crippen LogP contribution in [0.15, 0.2) is 75.9 Å². The molecule has 4 aromatic rings. The van der Waals surface area contributed by atoms with E-state index in [0.29, 0.717) is 23.1 Å². The number of nitrogens with one attached hydrogen (secondary N) is 2. The third-order valence-electron chi connectivity index (χ3n) is 5.02. The molecule has 0 fully saturated rings. The summed E-state index contributed by atoms with van der Waals surface area (Å²) in [6, 6.07) is 14.7. The van der Waals surface area contributed by atoms with E-state index in [9.17, 15) is 4.79 Å². The molecule has 1 amide bonds. The lowest BCUT2D eigenvalue weighted by atomic mass is 9.99. The van der Waals surface area contributed by atoms with Crippen LogP contribution in [0.1, 0.15) is 23.4 Å². The number of furan rings is 1. The second-order valence-corrected chi connectivity index (χ2v) is 7.98. The fourth-order valence-corrected chi connectivity index (χ4v) is 4.60. The van der Waals surface area contributed by atoms with Gasteiger partial charge in [0.1, 0.15) is 6.04 Å². The van der Waals surface area contributed by atoms with Crippen molar-refractivity contribution in [2.45, 2.75) is 19.9 Å². The zero-order valence-electron chi connectivity index (χ0n) is 16.4. The summed E-state index contributed by atoms with van der Waals surface area (Å²) in [7, 11) is 0. The summed E-state index contributed by atoms with van der Waals surface area (Å²) in [4.78, 5) is 19.0. The molecule has 1 atom stereocenters. The Kier molecular flexibility index (Phi) is 4.48. The van der Waals surface area contributed by atoms with Crippen molar-refractivity contribution in [2.24, 2.45) is 0 Å². The Bertz CT molecular complexity index is 1240. The lowest BCUT2D eigenvalue weighted by Crippen LogP contribution is -2.31. The maximum atomic E-state index is 13.4. The van der Waals surface area contributed by atoms with Crippen LogP contribution >= 0.6 is 11.3 Å². The van der Waals surface area contributed by atoms with Gasteiger partial charge in [0, 0.05) is 16.3 Å². The minimum Gasteiger partial charge on any atom is -0.461 e. The van der Waals surface area contributed by atoms with Crippen molar-refractivity contribution >= 4 is 28.9 Å². The number of benzene rings is 1. The number of para-hydroxylation sites is 1. The molecule has 1 aliphatic rings. The van der Waals surface area contributed by atoms with Gasteiger partial charge in [-0.15, -0.1) is 16.4 Å². The lowest BCUT2D eigenvalue weighted by Gasteiger charge is -2.28. The molecular formula is C22H19N5O2S. The predicted molar refractivity (Wildman–Crippen MR) is 116 cm³/mol. The number of fused-ring (bicyclic) bond motifs is 1. The van der Waals surface area contributed by atoms with E-state index in [4.69, 9.17) is 4.42 Å². The van der Waals surface area contributed by atoms with E-state index < -0.39 is 0 Å². The monoisotopic (exact) mass is 417 g/mol. The Balaban J connectivity index is 1.61. The highest BCUT2D eigenvalue weighted by Crippen LogP contribution is 2.40. The average Bonchev–Trinajstić information content (AvgIpc) is 3.48. The van der Waals surface area contributed by atoms with Crippen LogP contribution in [-0.4, -0.2) is 20.7 Å². The highest BCUT2D eigenvalue weighted by molar-refractivity contribution is 7.10. The number of aryl methyl sites for hydroxylation is 1. The fourth-order valence-electron chi connectivity index (χ4n) is 3.58. The third kappa shape index (κ3) is 3.11. The highest BCUT2D eigenvalue weighted by Gasteiger charge is 2.36. The van der Waals surface area contributed by atoms with Crippen molar-refractivity contribution in [3.8, 4) is 11.6 Å². The maximum Gasteiger partial charge on any atom is 0.255 e. The van der Waals surface area contributed by atoms with Crippen LogP contribution in [0.4, 0.5) is 11.6 Å². The molecule has 5 rings (SSSR count). The number of hydrogen-bond acceptors (Lipinski definition) is 6. The molecule has 8 heteroatoms. The molecule has 2 N–H and O–H groups in total. The zero-order chi connectivity index (χ0) is 20.7. The molecule has 7 nitrogen and oxygen atoms in total. The topological polar surface area (TPSA) is 85.0 Å². The smallest absolute Gasteiger partial charge is 0.255 e. The number of carbonyl (C=O) groups excluding carboxylic acids is 1. The van der Waals surface area contributed by atoms with Gasteiger partial charge >= 0.3 is 0 Å². The van der Waals surface area contributed by atoms with Gasteiger partial charge in [-0.2, -0.15) is 4.98 Å². The Morgan fingerprint density at radius 3 is 2.70 bits per heavy atom. The normalized spacial score (nSPS) is 15.6. The molecule has 0 bridgehead atoms. The second-order valence-electron chi connectivity index (χ2n) is 7.04. The number of rotatable bonds is 4. The summed E-state index contributed by atoms with van der Waals surface area (Å²) in [5.74, 6) is 1.45. The summed E-state index contributed by atoms with van der Waals surface area (Å²) >= 11 is 1.60. The van der Waals surface area contributed by atoms with E-state index in [1.807, 2.05) is 61.7 Å². The van der Waals surface area contributed by atoms with Gasteiger partial charge in [0.15, 0.2) is 5.76 Å². The molecule has 1 aromatic carbocycles. The SMILES string of the molecule is CC1=C(C(=O)Nc2ccccc2)C(c2sccc2C)n2nc(-c3ccco3)nc2N1. The van der Waals surface area contributed by atoms with Crippen LogP contribution in [0, 0.1) is 6.92 Å². The van der Waals surface area contributed by atoms with Crippen LogP contribution < -0.4 is 10.6 Å². The quantitative estimate of drug-likeness (QED) is 0.496. The minimum atomic E-state index is -0.388. The molecule has 0 radical (unpaired) electrons. The number of nitrogens with zero attached hydrogens (tertiary/aromatic N) is 3. The summed E-state index contributed by atoms with van der Waals surface area (Å²) in [5, 5.41) is 13.0. The van der Waals surface area contributed by atoms with Gasteiger partial charge in [0.05, 0.1) is 11.8 Å². The summed E-state index contributed by atoms with van der Waals surface area (Å²) in [6.07, 6.45) is 1.59. The molecule has 0 spiro atoms. The molecule has 4 heterocycles. The summed E-state index contributed by atoms with van der Waals surface area (Å²) in [5.41, 5.74) is 3.19. The predicted octanol–water partition coefficient (Wildman–Crippen LogP) is 4.84. The molecular weight excluding hydrogens is 398 g/mol. The van der Waals surface area contributed by atoms with Crippen molar-refractivity contribution < 1.29 is 9.21 Å². The molecule has 30 heavy (non-hydrogen) atoms. The van der Waals surface area contributed by atoms with Crippen LogP contribution in [0.3, 0.4) is 0 Å². The molecule has 0 aliphatic carbocycles. The molecule has 3 aromatic heterocycles. The molecule has 0 saturated carbocycles. The van der Waals surface area contributed by atoms with Gasteiger partial charge in [-0.25, -0.2) is 4.68 Å². The molecule has 1 aliphatic heterocycles. The van der Waals surface area contributed by atoms with E-state index in [1.165, 1.54) is 0 Å². The number of carbonyl (C=O) groups is 1. The molecule has 1 unspecified atom stereocenters. The van der Waals surface area contributed by atoms with Gasteiger partial charge in [0.2, 0.25) is 11.8 Å². The van der Waals surface area contributed by atoms with Crippen LogP contribution in [0.5, 0.6) is 0 Å². The van der Waals surface area contributed by atoms with Gasteiger partial charge < -0.3 is 15.1 Å². The van der Waals surface area contributed by atoms with Crippen molar-refractivity contribution in [1.82, 2.24) is 14.8 Å². The zero-order valence-corrected chi connectivity index (χ0v) is 17.2. The van der Waals surface area contributed by atoms with Crippen LogP contribution in [0.25, 0.3) is 11.6 Å². The number of allylic oxidation sites excluding steroid dienone is 1. The van der Waals surface area contributed by atoms with Crippen LogP contribution in [-0.2, 0) is 4.79 Å². The first kappa shape index (κ1) is 18.4. The Morgan fingerprint density at radius 2 is 2.00 bits per heavy atom. The van der Waals surface area contributed by atoms with Gasteiger partial charge in [0.25, 0.3) is 5.91 Å². The van der Waals surface area contributed by atoms with E-state index in [2.05, 4.69) is 20.7 Å². The Labute approximate surface area is 177 Å². The highest BCUT2D eigenvalue weighted by atomic mass is 32.1. The number of anilines is 2. The lowest BCUT2D eigenvalue weighted by molar-refractivity contribution is -0.113. The first-order valence-corrected chi connectivity index (χ1v) is 10.4. The number of amides is 1. The largest absolute Gasteiger partial charge is 0.461 e. The fraction of sp³-hybridized carbons (Fsp3) is 0.136. The second kappa shape index (κ2) is 7.31. The van der Waals surface area contributed by atoms with Crippen LogP contribution in [0.2, 0.25) is 0 Å². The Morgan fingerprint density at radius 1 is 1.17 bits per heavy atom. The van der Waals surface area contributed by atoms with Gasteiger partial charge in [-0.1, -0.05) is 18.2 Å². The van der Waals surface area contributed by atoms with Crippen molar-refractivity contribution in [3.63, 3.8) is 0 Å². The number of hydrogen-bond donors (Lipinski definition) is 2. The maximum absolute atomic E-state index is 13.4. The Hall–Kier alpha value is -3.65. The van der Waals surface area contributed by atoms with Crippen molar-refractivity contribution in [1.29, 1.82) is 0 Å². The average molecular weight is 417 g/mol. The first-order chi connectivity index (χ1) is 14.6. The molecule has 150 valence electrons. The van der Waals surface area contributed by atoms with Crippen molar-refractivity contribution in [3.05, 3.63) is 81.9 Å². The number of aromatic nitrogens is 3. The van der Waals surface area contributed by atoms with E-state index in [-0.39, 0.29) is 11.9 Å². The van der Waals surface area contributed by atoms with E-state index in [0.717, 1.165) is 21.8 Å². The standard InChI is InChI=1S/C22H19N5O2S/c1-13-10-12-30-19(13)18-17(21(28)24-15-7-4-3-5-8-15)14(2)23-22-25-20(26-27(18)22)16-9-6-11-29-16/h3-12,18H,1-2H3,(H,24,28)(H,23,25,26). The van der Waals surface area contributed by atoms with Gasteiger partial charge in [-0.05, 0) is 55.1 Å². The number of thiophene rings is 1. The van der Waals surface area contributed by atoms with Crippen molar-refractivity contribution in [2.75, 3.05) is 10.6 Å².